The Morgan fingerprint density at radius 1 is 1.13 bits per heavy atom. The molecular weight excluding hydrogens is 215 g/mol. The molecule has 0 aliphatic rings. The van der Waals surface area contributed by atoms with Crippen molar-refractivity contribution in [2.75, 3.05) is 5.75 Å². The summed E-state index contributed by atoms with van der Waals surface area (Å²) in [6, 6.07) is 4.98. The molecule has 0 saturated carbocycles. The Labute approximate surface area is 90.0 Å². The lowest BCUT2D eigenvalue weighted by Gasteiger charge is -2.03. The number of hydrogen-bond donors (Lipinski definition) is 0. The van der Waals surface area contributed by atoms with Gasteiger partial charge in [-0.1, -0.05) is 19.8 Å². The van der Waals surface area contributed by atoms with Gasteiger partial charge in [0.15, 0.2) is 9.84 Å². The molecule has 0 saturated heterocycles. The number of sulfone groups is 1. The van der Waals surface area contributed by atoms with E-state index in [0.29, 0.717) is 6.42 Å². The van der Waals surface area contributed by atoms with E-state index in [1.807, 2.05) is 6.92 Å². The maximum atomic E-state index is 12.6. The molecule has 84 valence electrons. The summed E-state index contributed by atoms with van der Waals surface area (Å²) in [5, 5.41) is 0. The molecule has 0 atom stereocenters. The molecule has 0 bridgehead atoms. The average Bonchev–Trinajstić information content (AvgIpc) is 2.18. The summed E-state index contributed by atoms with van der Waals surface area (Å²) >= 11 is 0. The smallest absolute Gasteiger partial charge is 0.178 e. The number of benzene rings is 1. The molecule has 1 aromatic rings. The highest BCUT2D eigenvalue weighted by Crippen LogP contribution is 2.13. The molecule has 0 spiro atoms. The zero-order chi connectivity index (χ0) is 11.3. The van der Waals surface area contributed by atoms with E-state index in [4.69, 9.17) is 0 Å². The number of halogens is 1. The van der Waals surface area contributed by atoms with E-state index in [9.17, 15) is 12.8 Å². The van der Waals surface area contributed by atoms with E-state index in [1.165, 1.54) is 24.3 Å². The molecule has 4 heteroatoms. The van der Waals surface area contributed by atoms with Gasteiger partial charge in [-0.25, -0.2) is 12.8 Å². The summed E-state index contributed by atoms with van der Waals surface area (Å²) in [5.74, 6) is -0.269. The maximum absolute atomic E-state index is 12.6. The fraction of sp³-hybridized carbons (Fsp3) is 0.455. The fourth-order valence-corrected chi connectivity index (χ4v) is 2.67. The number of hydrogen-bond acceptors (Lipinski definition) is 2. The molecule has 15 heavy (non-hydrogen) atoms. The van der Waals surface area contributed by atoms with E-state index in [-0.39, 0.29) is 10.6 Å². The molecule has 0 unspecified atom stereocenters. The third-order valence-electron chi connectivity index (χ3n) is 2.19. The molecule has 2 nitrogen and oxygen atoms in total. The van der Waals surface area contributed by atoms with Crippen LogP contribution in [0, 0.1) is 5.82 Å². The minimum atomic E-state index is -3.22. The maximum Gasteiger partial charge on any atom is 0.178 e. The molecule has 0 aromatic heterocycles. The first-order chi connectivity index (χ1) is 7.06. The first-order valence-electron chi connectivity index (χ1n) is 5.04. The van der Waals surface area contributed by atoms with Gasteiger partial charge < -0.3 is 0 Å². The van der Waals surface area contributed by atoms with Gasteiger partial charge in [-0.15, -0.1) is 0 Å². The third kappa shape index (κ3) is 3.63. The zero-order valence-corrected chi connectivity index (χ0v) is 9.56. The van der Waals surface area contributed by atoms with E-state index in [1.54, 1.807) is 0 Å². The number of rotatable bonds is 5. The van der Waals surface area contributed by atoms with Crippen LogP contribution in [0.1, 0.15) is 26.2 Å². The van der Waals surface area contributed by atoms with Crippen LogP contribution in [0.25, 0.3) is 0 Å². The average molecular weight is 230 g/mol. The minimum Gasteiger partial charge on any atom is -0.224 e. The summed E-state index contributed by atoms with van der Waals surface area (Å²) < 4.78 is 36.0. The van der Waals surface area contributed by atoms with Crippen LogP contribution in [0.5, 0.6) is 0 Å². The van der Waals surface area contributed by atoms with Crippen molar-refractivity contribution in [1.29, 1.82) is 0 Å². The Balaban J connectivity index is 2.73. The molecule has 0 aliphatic heterocycles. The molecular formula is C11H15FO2S. The normalized spacial score (nSPS) is 11.6. The summed E-state index contributed by atoms with van der Waals surface area (Å²) in [6.07, 6.45) is 2.55. The minimum absolute atomic E-state index is 0.145. The van der Waals surface area contributed by atoms with Gasteiger partial charge in [-0.3, -0.25) is 0 Å². The molecule has 1 aromatic carbocycles. The summed E-state index contributed by atoms with van der Waals surface area (Å²) in [5.41, 5.74) is 0. The Kier molecular flexibility index (Phi) is 4.27. The van der Waals surface area contributed by atoms with Gasteiger partial charge in [-0.2, -0.15) is 0 Å². The van der Waals surface area contributed by atoms with Gasteiger partial charge in [0.1, 0.15) is 5.82 Å². The summed E-state index contributed by atoms with van der Waals surface area (Å²) in [7, 11) is -3.22. The predicted molar refractivity (Wildman–Crippen MR) is 58.0 cm³/mol. The monoisotopic (exact) mass is 230 g/mol. The van der Waals surface area contributed by atoms with Crippen LogP contribution in [-0.4, -0.2) is 14.2 Å². The van der Waals surface area contributed by atoms with Crippen LogP contribution < -0.4 is 0 Å². The third-order valence-corrected chi connectivity index (χ3v) is 4.01. The van der Waals surface area contributed by atoms with Crippen molar-refractivity contribution in [3.8, 4) is 0 Å². The Morgan fingerprint density at radius 2 is 1.73 bits per heavy atom. The fourth-order valence-electron chi connectivity index (χ4n) is 1.30. The second-order valence-electron chi connectivity index (χ2n) is 3.48. The molecule has 0 amide bonds. The van der Waals surface area contributed by atoms with Gasteiger partial charge in [0.25, 0.3) is 0 Å². The molecule has 0 aliphatic carbocycles. The number of unbranched alkanes of at least 4 members (excludes halogenated alkanes) is 2. The molecule has 0 N–H and O–H groups in total. The second kappa shape index (κ2) is 5.26. The topological polar surface area (TPSA) is 34.1 Å². The lowest BCUT2D eigenvalue weighted by Crippen LogP contribution is -2.06. The first-order valence-corrected chi connectivity index (χ1v) is 6.70. The van der Waals surface area contributed by atoms with Gasteiger partial charge >= 0.3 is 0 Å². The van der Waals surface area contributed by atoms with Crippen molar-refractivity contribution in [2.24, 2.45) is 0 Å². The van der Waals surface area contributed by atoms with Gasteiger partial charge in [0, 0.05) is 0 Å². The highest BCUT2D eigenvalue weighted by molar-refractivity contribution is 7.91. The van der Waals surface area contributed by atoms with Gasteiger partial charge in [0.05, 0.1) is 10.6 Å². The van der Waals surface area contributed by atoms with Crippen LogP contribution in [-0.2, 0) is 9.84 Å². The van der Waals surface area contributed by atoms with Crippen LogP contribution >= 0.6 is 0 Å². The standard InChI is InChI=1S/C11H15FO2S/c1-2-3-4-9-15(13,14)11-7-5-10(12)6-8-11/h5-8H,2-4,9H2,1H3. The molecule has 1 rings (SSSR count). The highest BCUT2D eigenvalue weighted by atomic mass is 32.2. The summed E-state index contributed by atoms with van der Waals surface area (Å²) in [6.45, 7) is 2.02. The second-order valence-corrected chi connectivity index (χ2v) is 5.59. The Morgan fingerprint density at radius 3 is 2.27 bits per heavy atom. The van der Waals surface area contributed by atoms with E-state index >= 15 is 0 Å². The van der Waals surface area contributed by atoms with Crippen molar-refractivity contribution in [1.82, 2.24) is 0 Å². The Bertz CT molecular complexity index is 395. The molecule has 0 fully saturated rings. The summed E-state index contributed by atoms with van der Waals surface area (Å²) in [4.78, 5) is 0.208. The lowest BCUT2D eigenvalue weighted by atomic mass is 10.3. The SMILES string of the molecule is CCCCCS(=O)(=O)c1ccc(F)cc1. The first kappa shape index (κ1) is 12.2. The van der Waals surface area contributed by atoms with Gasteiger partial charge in [-0.05, 0) is 30.7 Å². The Hall–Kier alpha value is -0.900. The lowest BCUT2D eigenvalue weighted by molar-refractivity contribution is 0.590. The van der Waals surface area contributed by atoms with Crippen molar-refractivity contribution in [3.05, 3.63) is 30.1 Å². The van der Waals surface area contributed by atoms with E-state index in [0.717, 1.165) is 12.8 Å². The van der Waals surface area contributed by atoms with Crippen molar-refractivity contribution < 1.29 is 12.8 Å². The van der Waals surface area contributed by atoms with Crippen LogP contribution in [0.2, 0.25) is 0 Å². The van der Waals surface area contributed by atoms with Gasteiger partial charge in [0.2, 0.25) is 0 Å². The van der Waals surface area contributed by atoms with Crippen LogP contribution in [0.15, 0.2) is 29.2 Å². The largest absolute Gasteiger partial charge is 0.224 e. The molecule has 0 heterocycles. The van der Waals surface area contributed by atoms with E-state index in [2.05, 4.69) is 0 Å². The quantitative estimate of drug-likeness (QED) is 0.575. The van der Waals surface area contributed by atoms with Crippen molar-refractivity contribution in [2.45, 2.75) is 31.1 Å². The zero-order valence-electron chi connectivity index (χ0n) is 8.74. The van der Waals surface area contributed by atoms with Crippen LogP contribution in [0.3, 0.4) is 0 Å². The van der Waals surface area contributed by atoms with Crippen LogP contribution in [0.4, 0.5) is 4.39 Å². The highest BCUT2D eigenvalue weighted by Gasteiger charge is 2.13. The predicted octanol–water partition coefficient (Wildman–Crippen LogP) is 2.79. The van der Waals surface area contributed by atoms with Crippen molar-refractivity contribution >= 4 is 9.84 Å². The molecule has 0 radical (unpaired) electrons. The van der Waals surface area contributed by atoms with Crippen molar-refractivity contribution in [3.63, 3.8) is 0 Å². The van der Waals surface area contributed by atoms with E-state index < -0.39 is 15.7 Å².